The van der Waals surface area contributed by atoms with Crippen LogP contribution in [0.2, 0.25) is 0 Å². The lowest BCUT2D eigenvalue weighted by molar-refractivity contribution is 0.628. The minimum Gasteiger partial charge on any atom is -0.345 e. The van der Waals surface area contributed by atoms with E-state index in [1.54, 1.807) is 12.1 Å². The third-order valence-electron chi connectivity index (χ3n) is 4.75. The Balaban J connectivity index is 1.87. The van der Waals surface area contributed by atoms with Crippen LogP contribution in [0.4, 0.5) is 15.8 Å². The number of hydrogen-bond donors (Lipinski definition) is 0. The summed E-state index contributed by atoms with van der Waals surface area (Å²) in [6.07, 6.45) is 0. The average Bonchev–Trinajstić information content (AvgIpc) is 2.87. The number of rotatable bonds is 2. The lowest BCUT2D eigenvalue weighted by Gasteiger charge is -2.19. The molecule has 3 heteroatoms. The topological polar surface area (TPSA) is 8.17 Å². The highest BCUT2D eigenvalue weighted by Crippen LogP contribution is 2.33. The van der Waals surface area contributed by atoms with Crippen molar-refractivity contribution in [3.05, 3.63) is 72.0 Å². The highest BCUT2D eigenvalue weighted by atomic mass is 19.1. The van der Waals surface area contributed by atoms with Crippen LogP contribution in [0.3, 0.4) is 0 Å². The van der Waals surface area contributed by atoms with Crippen molar-refractivity contribution in [1.82, 2.24) is 4.57 Å². The molecule has 3 aromatic carbocycles. The molecule has 4 rings (SSSR count). The Morgan fingerprint density at radius 3 is 2.08 bits per heavy atom. The van der Waals surface area contributed by atoms with Gasteiger partial charge in [-0.3, -0.25) is 0 Å². The smallest absolute Gasteiger partial charge is 0.123 e. The molecule has 120 valence electrons. The summed E-state index contributed by atoms with van der Waals surface area (Å²) in [5.74, 6) is -0.216. The Kier molecular flexibility index (Phi) is 3.31. The molecular formula is C21H19FN2. The van der Waals surface area contributed by atoms with E-state index in [9.17, 15) is 4.39 Å². The zero-order valence-electron chi connectivity index (χ0n) is 14.0. The lowest BCUT2D eigenvalue weighted by Crippen LogP contribution is -2.09. The van der Waals surface area contributed by atoms with Gasteiger partial charge >= 0.3 is 0 Å². The molecule has 0 aliphatic rings. The summed E-state index contributed by atoms with van der Waals surface area (Å²) < 4.78 is 15.4. The second kappa shape index (κ2) is 5.38. The highest BCUT2D eigenvalue weighted by molar-refractivity contribution is 6.09. The summed E-state index contributed by atoms with van der Waals surface area (Å²) >= 11 is 0. The van der Waals surface area contributed by atoms with Crippen molar-refractivity contribution in [3.8, 4) is 0 Å². The van der Waals surface area contributed by atoms with E-state index in [0.717, 1.165) is 11.4 Å². The first-order valence-electron chi connectivity index (χ1n) is 8.03. The van der Waals surface area contributed by atoms with Gasteiger partial charge in [0.2, 0.25) is 0 Å². The SMILES string of the molecule is Cc1ccc2c3ccc(N(C)c4ccc(F)cc4)cc3n(C)c2c1. The monoisotopic (exact) mass is 318 g/mol. The van der Waals surface area contributed by atoms with Crippen molar-refractivity contribution in [3.63, 3.8) is 0 Å². The first kappa shape index (κ1) is 14.8. The van der Waals surface area contributed by atoms with Gasteiger partial charge in [0.1, 0.15) is 5.82 Å². The molecule has 0 atom stereocenters. The molecule has 4 aromatic rings. The molecular weight excluding hydrogens is 299 g/mol. The van der Waals surface area contributed by atoms with Gasteiger partial charge in [0.15, 0.2) is 0 Å². The Morgan fingerprint density at radius 1 is 0.792 bits per heavy atom. The molecule has 0 bridgehead atoms. The van der Waals surface area contributed by atoms with Crippen LogP contribution < -0.4 is 4.90 Å². The molecule has 1 aromatic heterocycles. The molecule has 0 aliphatic heterocycles. The van der Waals surface area contributed by atoms with Crippen molar-refractivity contribution >= 4 is 33.2 Å². The van der Waals surface area contributed by atoms with Crippen LogP contribution in [0.1, 0.15) is 5.56 Å². The fourth-order valence-corrected chi connectivity index (χ4v) is 3.32. The molecule has 0 radical (unpaired) electrons. The van der Waals surface area contributed by atoms with E-state index in [2.05, 4.69) is 59.8 Å². The van der Waals surface area contributed by atoms with Crippen LogP contribution in [0.15, 0.2) is 60.7 Å². The number of halogens is 1. The minimum atomic E-state index is -0.216. The molecule has 0 amide bonds. The van der Waals surface area contributed by atoms with Crippen LogP contribution in [-0.4, -0.2) is 11.6 Å². The van der Waals surface area contributed by atoms with Gasteiger partial charge in [-0.2, -0.15) is 0 Å². The molecule has 2 nitrogen and oxygen atoms in total. The van der Waals surface area contributed by atoms with Gasteiger partial charge in [-0.1, -0.05) is 18.2 Å². The summed E-state index contributed by atoms with van der Waals surface area (Å²) in [7, 11) is 4.10. The summed E-state index contributed by atoms with van der Waals surface area (Å²) in [5, 5.41) is 2.53. The molecule has 0 saturated heterocycles. The summed E-state index contributed by atoms with van der Waals surface area (Å²) in [5.41, 5.74) is 5.74. The third-order valence-corrected chi connectivity index (χ3v) is 4.75. The first-order valence-corrected chi connectivity index (χ1v) is 8.03. The van der Waals surface area contributed by atoms with Crippen molar-refractivity contribution in [2.24, 2.45) is 7.05 Å². The fraction of sp³-hybridized carbons (Fsp3) is 0.143. The van der Waals surface area contributed by atoms with Crippen LogP contribution in [0.25, 0.3) is 21.8 Å². The molecule has 0 spiro atoms. The zero-order chi connectivity index (χ0) is 16.8. The maximum Gasteiger partial charge on any atom is 0.123 e. The lowest BCUT2D eigenvalue weighted by atomic mass is 10.1. The quantitative estimate of drug-likeness (QED) is 0.470. The van der Waals surface area contributed by atoms with Gasteiger partial charge in [-0.05, 0) is 55.0 Å². The van der Waals surface area contributed by atoms with Gasteiger partial charge in [0, 0.05) is 41.8 Å². The van der Waals surface area contributed by atoms with Gasteiger partial charge in [0.05, 0.1) is 5.52 Å². The predicted molar refractivity (Wildman–Crippen MR) is 99.6 cm³/mol. The molecule has 0 fully saturated rings. The van der Waals surface area contributed by atoms with E-state index < -0.39 is 0 Å². The van der Waals surface area contributed by atoms with E-state index in [1.807, 2.05) is 7.05 Å². The van der Waals surface area contributed by atoms with Crippen LogP contribution in [0.5, 0.6) is 0 Å². The van der Waals surface area contributed by atoms with E-state index in [4.69, 9.17) is 0 Å². The van der Waals surface area contributed by atoms with Gasteiger partial charge in [-0.25, -0.2) is 4.39 Å². The van der Waals surface area contributed by atoms with E-state index in [-0.39, 0.29) is 5.82 Å². The Bertz CT molecular complexity index is 1050. The summed E-state index contributed by atoms with van der Waals surface area (Å²) in [6.45, 7) is 2.12. The Morgan fingerprint density at radius 2 is 1.38 bits per heavy atom. The minimum absolute atomic E-state index is 0.216. The predicted octanol–water partition coefficient (Wildman–Crippen LogP) is 5.55. The second-order valence-corrected chi connectivity index (χ2v) is 6.32. The van der Waals surface area contributed by atoms with Crippen molar-refractivity contribution in [1.29, 1.82) is 0 Å². The molecule has 0 saturated carbocycles. The normalized spacial score (nSPS) is 11.3. The van der Waals surface area contributed by atoms with E-state index >= 15 is 0 Å². The van der Waals surface area contributed by atoms with Gasteiger partial charge < -0.3 is 9.47 Å². The molecule has 24 heavy (non-hydrogen) atoms. The maximum atomic E-state index is 13.1. The molecule has 0 N–H and O–H groups in total. The average molecular weight is 318 g/mol. The largest absolute Gasteiger partial charge is 0.345 e. The number of benzene rings is 3. The Hall–Kier alpha value is -2.81. The number of fused-ring (bicyclic) bond motifs is 3. The zero-order valence-corrected chi connectivity index (χ0v) is 14.0. The summed E-state index contributed by atoms with van der Waals surface area (Å²) in [6, 6.07) is 19.6. The van der Waals surface area contributed by atoms with Crippen LogP contribution >= 0.6 is 0 Å². The van der Waals surface area contributed by atoms with Crippen molar-refractivity contribution in [2.75, 3.05) is 11.9 Å². The molecule has 0 aliphatic carbocycles. The Labute approximate surface area is 140 Å². The highest BCUT2D eigenvalue weighted by Gasteiger charge is 2.11. The van der Waals surface area contributed by atoms with E-state index in [0.29, 0.717) is 0 Å². The number of hydrogen-bond acceptors (Lipinski definition) is 1. The van der Waals surface area contributed by atoms with Crippen molar-refractivity contribution < 1.29 is 4.39 Å². The number of aromatic nitrogens is 1. The number of aryl methyl sites for hydroxylation is 2. The maximum absolute atomic E-state index is 13.1. The van der Waals surface area contributed by atoms with Crippen LogP contribution in [0, 0.1) is 12.7 Å². The second-order valence-electron chi connectivity index (χ2n) is 6.32. The van der Waals surface area contributed by atoms with E-state index in [1.165, 1.54) is 39.5 Å². The van der Waals surface area contributed by atoms with Gasteiger partial charge in [0.25, 0.3) is 0 Å². The fourth-order valence-electron chi connectivity index (χ4n) is 3.32. The standard InChI is InChI=1S/C21H19FN2/c1-14-4-10-18-19-11-9-17(13-21(19)24(3)20(18)12-14)23(2)16-7-5-15(22)6-8-16/h4-13H,1-3H3. The molecule has 1 heterocycles. The summed E-state index contributed by atoms with van der Waals surface area (Å²) in [4.78, 5) is 2.07. The molecule has 0 unspecified atom stereocenters. The number of nitrogens with zero attached hydrogens (tertiary/aromatic N) is 2. The van der Waals surface area contributed by atoms with Crippen LogP contribution in [-0.2, 0) is 7.05 Å². The third kappa shape index (κ3) is 2.24. The van der Waals surface area contributed by atoms with Crippen molar-refractivity contribution in [2.45, 2.75) is 6.92 Å². The van der Waals surface area contributed by atoms with Gasteiger partial charge in [-0.15, -0.1) is 0 Å². The first-order chi connectivity index (χ1) is 11.5. The number of anilines is 2.